The van der Waals surface area contributed by atoms with Gasteiger partial charge in [0.1, 0.15) is 5.25 Å². The highest BCUT2D eigenvalue weighted by Crippen LogP contribution is 2.27. The lowest BCUT2D eigenvalue weighted by molar-refractivity contribution is -0.122. The lowest BCUT2D eigenvalue weighted by Gasteiger charge is -2.09. The van der Waals surface area contributed by atoms with E-state index in [2.05, 4.69) is 34.7 Å². The van der Waals surface area contributed by atoms with Gasteiger partial charge in [0.25, 0.3) is 0 Å². The van der Waals surface area contributed by atoms with Crippen LogP contribution < -0.4 is 10.6 Å². The molecular formula is C17H20Cl2N4O2S. The van der Waals surface area contributed by atoms with Crippen molar-refractivity contribution in [1.82, 2.24) is 5.32 Å². The third-order valence-corrected chi connectivity index (χ3v) is 4.99. The predicted molar refractivity (Wildman–Crippen MR) is 109 cm³/mol. The molecule has 0 aliphatic carbocycles. The summed E-state index contributed by atoms with van der Waals surface area (Å²) in [5, 5.41) is 14.2. The molecule has 0 saturated carbocycles. The molecule has 1 aromatic carbocycles. The number of carbonyl (C=O) groups excluding carboxylic acids is 2. The average molecular weight is 415 g/mol. The molecule has 2 N–H and O–H groups in total. The minimum atomic E-state index is -0.555. The van der Waals surface area contributed by atoms with Gasteiger partial charge in [0.05, 0.1) is 10.7 Å². The minimum Gasteiger partial charge on any atom is -0.325 e. The summed E-state index contributed by atoms with van der Waals surface area (Å²) in [5.74, 6) is -0.0914. The molecular weight excluding hydrogens is 395 g/mol. The van der Waals surface area contributed by atoms with Crippen LogP contribution in [0, 0.1) is 5.92 Å². The summed E-state index contributed by atoms with van der Waals surface area (Å²) in [6, 6.07) is 4.78. The van der Waals surface area contributed by atoms with Gasteiger partial charge in [-0.15, -0.1) is 5.10 Å². The first-order valence-electron chi connectivity index (χ1n) is 8.08. The second-order valence-electron chi connectivity index (χ2n) is 6.31. The van der Waals surface area contributed by atoms with Gasteiger partial charge in [-0.25, -0.2) is 0 Å². The Hall–Kier alpha value is -1.57. The largest absolute Gasteiger partial charge is 0.325 e. The van der Waals surface area contributed by atoms with Crippen molar-refractivity contribution in [3.8, 4) is 0 Å². The normalized spacial score (nSPS) is 19.2. The average Bonchev–Trinajstić information content (AvgIpc) is 2.87. The summed E-state index contributed by atoms with van der Waals surface area (Å²) in [7, 11) is 0. The number of amides is 2. The molecule has 1 unspecified atom stereocenters. The number of rotatable bonds is 6. The number of nitrogens with one attached hydrogen (secondary N) is 2. The Morgan fingerprint density at radius 3 is 2.77 bits per heavy atom. The van der Waals surface area contributed by atoms with E-state index in [1.165, 1.54) is 17.8 Å². The standard InChI is InChI=1S/C17H20Cl2N4O2S/c1-9(2)6-10(3)22-23-17-21-16(25)14(26-17)8-15(24)20-13-5-4-11(18)7-12(13)19/h4-5,7,9,14H,6,8H2,1-3H3,(H,20,24)(H,21,23,25). The highest BCUT2D eigenvalue weighted by Gasteiger charge is 2.32. The van der Waals surface area contributed by atoms with Crippen molar-refractivity contribution in [2.75, 3.05) is 5.32 Å². The molecule has 9 heteroatoms. The molecule has 6 nitrogen and oxygen atoms in total. The second-order valence-corrected chi connectivity index (χ2v) is 8.35. The highest BCUT2D eigenvalue weighted by molar-refractivity contribution is 8.15. The third-order valence-electron chi connectivity index (χ3n) is 3.37. The summed E-state index contributed by atoms with van der Waals surface area (Å²) in [6.45, 7) is 6.09. The van der Waals surface area contributed by atoms with Crippen molar-refractivity contribution in [2.24, 2.45) is 16.1 Å². The SMILES string of the molecule is CC(CC(C)C)=N/N=C1/NC(=O)C(CC(=O)Nc2ccc(Cl)cc2Cl)S1. The van der Waals surface area contributed by atoms with E-state index >= 15 is 0 Å². The number of anilines is 1. The lowest BCUT2D eigenvalue weighted by atomic mass is 10.1. The minimum absolute atomic E-state index is 0.00314. The first-order valence-corrected chi connectivity index (χ1v) is 9.71. The van der Waals surface area contributed by atoms with E-state index < -0.39 is 5.25 Å². The maximum absolute atomic E-state index is 12.2. The van der Waals surface area contributed by atoms with Crippen molar-refractivity contribution < 1.29 is 9.59 Å². The van der Waals surface area contributed by atoms with Crippen molar-refractivity contribution in [3.63, 3.8) is 0 Å². The maximum Gasteiger partial charge on any atom is 0.240 e. The number of carbonyl (C=O) groups is 2. The number of benzene rings is 1. The number of nitrogens with zero attached hydrogens (tertiary/aromatic N) is 2. The maximum atomic E-state index is 12.2. The number of hydrogen-bond acceptors (Lipinski definition) is 5. The molecule has 1 heterocycles. The molecule has 2 rings (SSSR count). The van der Waals surface area contributed by atoms with E-state index in [1.54, 1.807) is 12.1 Å². The second kappa shape index (κ2) is 9.39. The zero-order valence-electron chi connectivity index (χ0n) is 14.7. The van der Waals surface area contributed by atoms with Crippen LogP contribution in [-0.2, 0) is 9.59 Å². The highest BCUT2D eigenvalue weighted by atomic mass is 35.5. The van der Waals surface area contributed by atoms with Gasteiger partial charge in [-0.05, 0) is 37.5 Å². The van der Waals surface area contributed by atoms with Gasteiger partial charge in [0.15, 0.2) is 5.17 Å². The van der Waals surface area contributed by atoms with Crippen LogP contribution in [0.5, 0.6) is 0 Å². The first kappa shape index (κ1) is 20.7. The van der Waals surface area contributed by atoms with Crippen molar-refractivity contribution in [3.05, 3.63) is 28.2 Å². The van der Waals surface area contributed by atoms with E-state index in [0.29, 0.717) is 26.8 Å². The number of amidine groups is 1. The molecule has 1 aromatic rings. The molecule has 0 radical (unpaired) electrons. The molecule has 1 aliphatic heterocycles. The van der Waals surface area contributed by atoms with Crippen LogP contribution >= 0.6 is 35.0 Å². The van der Waals surface area contributed by atoms with E-state index in [1.807, 2.05) is 6.92 Å². The fourth-order valence-corrected chi connectivity index (χ4v) is 3.68. The molecule has 1 fully saturated rings. The molecule has 0 spiro atoms. The zero-order valence-corrected chi connectivity index (χ0v) is 17.0. The Bertz CT molecular complexity index is 765. The van der Waals surface area contributed by atoms with Crippen LogP contribution in [0.4, 0.5) is 5.69 Å². The Morgan fingerprint density at radius 1 is 1.38 bits per heavy atom. The van der Waals surface area contributed by atoms with Crippen LogP contribution in [0.1, 0.15) is 33.6 Å². The number of thioether (sulfide) groups is 1. The molecule has 140 valence electrons. The van der Waals surface area contributed by atoms with Gasteiger partial charge in [0, 0.05) is 17.2 Å². The summed E-state index contributed by atoms with van der Waals surface area (Å²) >= 11 is 13.1. The fraction of sp³-hybridized carbons (Fsp3) is 0.412. The van der Waals surface area contributed by atoms with Gasteiger partial charge in [-0.1, -0.05) is 48.8 Å². The quantitative estimate of drug-likeness (QED) is 0.536. The van der Waals surface area contributed by atoms with Crippen molar-refractivity contribution in [1.29, 1.82) is 0 Å². The number of halogens is 2. The van der Waals surface area contributed by atoms with Crippen LogP contribution in [0.2, 0.25) is 10.0 Å². The van der Waals surface area contributed by atoms with Crippen LogP contribution in [0.3, 0.4) is 0 Å². The van der Waals surface area contributed by atoms with Gasteiger partial charge < -0.3 is 10.6 Å². The van der Waals surface area contributed by atoms with Crippen molar-refractivity contribution in [2.45, 2.75) is 38.9 Å². The van der Waals surface area contributed by atoms with Crippen LogP contribution in [-0.4, -0.2) is 27.9 Å². The molecule has 2 amide bonds. The fourth-order valence-electron chi connectivity index (χ4n) is 2.31. The molecule has 1 aliphatic rings. The Labute approximate surface area is 166 Å². The smallest absolute Gasteiger partial charge is 0.240 e. The summed E-state index contributed by atoms with van der Waals surface area (Å²) in [4.78, 5) is 24.2. The molecule has 0 aromatic heterocycles. The van der Waals surface area contributed by atoms with Gasteiger partial charge in [0.2, 0.25) is 11.8 Å². The van der Waals surface area contributed by atoms with Crippen molar-refractivity contribution >= 4 is 63.3 Å². The van der Waals surface area contributed by atoms with E-state index in [4.69, 9.17) is 23.2 Å². The lowest BCUT2D eigenvalue weighted by Crippen LogP contribution is -2.28. The summed E-state index contributed by atoms with van der Waals surface area (Å²) in [6.07, 6.45) is 0.840. The number of hydrogen-bond donors (Lipinski definition) is 2. The first-order chi connectivity index (χ1) is 12.2. The van der Waals surface area contributed by atoms with Gasteiger partial charge in [-0.3, -0.25) is 9.59 Å². The molecule has 26 heavy (non-hydrogen) atoms. The topological polar surface area (TPSA) is 82.9 Å². The van der Waals surface area contributed by atoms with E-state index in [9.17, 15) is 9.59 Å². The van der Waals surface area contributed by atoms with E-state index in [0.717, 1.165) is 12.1 Å². The van der Waals surface area contributed by atoms with Crippen LogP contribution in [0.15, 0.2) is 28.4 Å². The Morgan fingerprint density at radius 2 is 2.12 bits per heavy atom. The Balaban J connectivity index is 1.93. The molecule has 1 atom stereocenters. The monoisotopic (exact) mass is 414 g/mol. The van der Waals surface area contributed by atoms with E-state index in [-0.39, 0.29) is 18.2 Å². The van der Waals surface area contributed by atoms with Crippen LogP contribution in [0.25, 0.3) is 0 Å². The Kier molecular flexibility index (Phi) is 7.49. The zero-order chi connectivity index (χ0) is 19.3. The molecule has 1 saturated heterocycles. The van der Waals surface area contributed by atoms with Gasteiger partial charge >= 0.3 is 0 Å². The predicted octanol–water partition coefficient (Wildman–Crippen LogP) is 4.33. The molecule has 0 bridgehead atoms. The van der Waals surface area contributed by atoms with Gasteiger partial charge in [-0.2, -0.15) is 5.10 Å². The third kappa shape index (κ3) is 6.30. The summed E-state index contributed by atoms with van der Waals surface area (Å²) in [5.41, 5.74) is 1.34. The summed E-state index contributed by atoms with van der Waals surface area (Å²) < 4.78 is 0.